The Balaban J connectivity index is 2.70. The standard InChI is InChI=1S/C15H14N4O/c1-19(2)8-6-11-12(9-16)15(20)18-10-13(11)14-5-3-4-7-17-14/h3-8,10H,1-2H3,(H,18,20). The van der Waals surface area contributed by atoms with E-state index in [0.717, 1.165) is 5.56 Å². The summed E-state index contributed by atoms with van der Waals surface area (Å²) >= 11 is 0. The molecular weight excluding hydrogens is 252 g/mol. The minimum atomic E-state index is -0.398. The van der Waals surface area contributed by atoms with E-state index in [1.807, 2.05) is 43.3 Å². The Bertz CT molecular complexity index is 724. The summed E-state index contributed by atoms with van der Waals surface area (Å²) in [5.41, 5.74) is 1.69. The van der Waals surface area contributed by atoms with Crippen LogP contribution in [-0.2, 0) is 0 Å². The van der Waals surface area contributed by atoms with Crippen molar-refractivity contribution in [2.75, 3.05) is 14.1 Å². The van der Waals surface area contributed by atoms with Gasteiger partial charge < -0.3 is 9.88 Å². The van der Waals surface area contributed by atoms with Gasteiger partial charge in [0.15, 0.2) is 0 Å². The maximum Gasteiger partial charge on any atom is 0.266 e. The summed E-state index contributed by atoms with van der Waals surface area (Å²) in [6.07, 6.45) is 6.80. The predicted molar refractivity (Wildman–Crippen MR) is 77.7 cm³/mol. The molecule has 0 atom stereocenters. The topological polar surface area (TPSA) is 72.8 Å². The number of rotatable bonds is 3. The van der Waals surface area contributed by atoms with Gasteiger partial charge in [-0.2, -0.15) is 5.26 Å². The molecule has 2 aromatic heterocycles. The van der Waals surface area contributed by atoms with Crippen LogP contribution < -0.4 is 5.56 Å². The molecule has 0 amide bonds. The highest BCUT2D eigenvalue weighted by Gasteiger charge is 2.12. The number of aromatic amines is 1. The molecule has 2 heterocycles. The van der Waals surface area contributed by atoms with Crippen molar-refractivity contribution in [2.24, 2.45) is 0 Å². The molecular formula is C15H14N4O. The third-order valence-corrected chi connectivity index (χ3v) is 2.73. The zero-order valence-corrected chi connectivity index (χ0v) is 11.3. The summed E-state index contributed by atoms with van der Waals surface area (Å²) in [6, 6.07) is 7.47. The largest absolute Gasteiger partial charge is 0.383 e. The first kappa shape index (κ1) is 13.6. The number of hydrogen-bond donors (Lipinski definition) is 1. The number of aromatic nitrogens is 2. The zero-order valence-electron chi connectivity index (χ0n) is 11.3. The molecule has 0 spiro atoms. The van der Waals surface area contributed by atoms with Crippen LogP contribution in [0.15, 0.2) is 41.6 Å². The normalized spacial score (nSPS) is 10.4. The first-order chi connectivity index (χ1) is 9.63. The second-order valence-corrected chi connectivity index (χ2v) is 4.43. The van der Waals surface area contributed by atoms with Crippen molar-refractivity contribution in [2.45, 2.75) is 0 Å². The molecule has 20 heavy (non-hydrogen) atoms. The van der Waals surface area contributed by atoms with Crippen molar-refractivity contribution < 1.29 is 0 Å². The van der Waals surface area contributed by atoms with Crippen LogP contribution >= 0.6 is 0 Å². The van der Waals surface area contributed by atoms with E-state index in [1.165, 1.54) is 0 Å². The number of H-pyrrole nitrogens is 1. The SMILES string of the molecule is CN(C)C=Cc1c(-c2ccccn2)c[nH]c(=O)c1C#N. The van der Waals surface area contributed by atoms with E-state index in [9.17, 15) is 10.1 Å². The van der Waals surface area contributed by atoms with Gasteiger partial charge in [0.2, 0.25) is 0 Å². The predicted octanol–water partition coefficient (Wildman–Crippen LogP) is 1.84. The molecule has 0 unspecified atom stereocenters. The van der Waals surface area contributed by atoms with Gasteiger partial charge in [-0.1, -0.05) is 6.07 Å². The molecule has 5 heteroatoms. The zero-order chi connectivity index (χ0) is 14.5. The molecule has 0 radical (unpaired) electrons. The first-order valence-electron chi connectivity index (χ1n) is 6.05. The smallest absolute Gasteiger partial charge is 0.266 e. The van der Waals surface area contributed by atoms with E-state index in [4.69, 9.17) is 0 Å². The lowest BCUT2D eigenvalue weighted by atomic mass is 10.0. The fourth-order valence-electron chi connectivity index (χ4n) is 1.79. The molecule has 100 valence electrons. The summed E-state index contributed by atoms with van der Waals surface area (Å²) < 4.78 is 0. The van der Waals surface area contributed by atoms with Crippen LogP contribution in [-0.4, -0.2) is 29.0 Å². The highest BCUT2D eigenvalue weighted by atomic mass is 16.1. The van der Waals surface area contributed by atoms with E-state index < -0.39 is 5.56 Å². The van der Waals surface area contributed by atoms with Crippen LogP contribution in [0.3, 0.4) is 0 Å². The monoisotopic (exact) mass is 266 g/mol. The molecule has 0 aromatic carbocycles. The lowest BCUT2D eigenvalue weighted by Crippen LogP contribution is -2.13. The average Bonchev–Trinajstić information content (AvgIpc) is 2.46. The number of pyridine rings is 2. The molecule has 0 fully saturated rings. The Morgan fingerprint density at radius 1 is 1.40 bits per heavy atom. The molecule has 0 aliphatic rings. The van der Waals surface area contributed by atoms with Crippen LogP contribution in [0.1, 0.15) is 11.1 Å². The maximum absolute atomic E-state index is 11.8. The second-order valence-electron chi connectivity index (χ2n) is 4.43. The van der Waals surface area contributed by atoms with Crippen LogP contribution in [0.2, 0.25) is 0 Å². The second kappa shape index (κ2) is 5.85. The van der Waals surface area contributed by atoms with E-state index in [-0.39, 0.29) is 5.56 Å². The lowest BCUT2D eigenvalue weighted by Gasteiger charge is -2.08. The van der Waals surface area contributed by atoms with E-state index in [2.05, 4.69) is 9.97 Å². The Morgan fingerprint density at radius 2 is 2.20 bits per heavy atom. The van der Waals surface area contributed by atoms with Gasteiger partial charge in [0.1, 0.15) is 11.6 Å². The number of hydrogen-bond acceptors (Lipinski definition) is 4. The highest BCUT2D eigenvalue weighted by Crippen LogP contribution is 2.23. The molecule has 0 bridgehead atoms. The molecule has 5 nitrogen and oxygen atoms in total. The molecule has 0 saturated heterocycles. The molecule has 1 N–H and O–H groups in total. The quantitative estimate of drug-likeness (QED) is 0.920. The van der Waals surface area contributed by atoms with Crippen LogP contribution in [0.4, 0.5) is 0 Å². The van der Waals surface area contributed by atoms with Crippen molar-refractivity contribution >= 4 is 6.08 Å². The van der Waals surface area contributed by atoms with Gasteiger partial charge >= 0.3 is 0 Å². The minimum absolute atomic E-state index is 0.0891. The number of nitrogens with one attached hydrogen (secondary N) is 1. The van der Waals surface area contributed by atoms with Gasteiger partial charge in [-0.25, -0.2) is 0 Å². The fourth-order valence-corrected chi connectivity index (χ4v) is 1.79. The summed E-state index contributed by atoms with van der Waals surface area (Å²) in [5.74, 6) is 0. The summed E-state index contributed by atoms with van der Waals surface area (Å²) in [6.45, 7) is 0. The highest BCUT2D eigenvalue weighted by molar-refractivity contribution is 5.75. The Morgan fingerprint density at radius 3 is 2.80 bits per heavy atom. The number of nitriles is 1. The van der Waals surface area contributed by atoms with Gasteiger partial charge in [0.25, 0.3) is 5.56 Å². The van der Waals surface area contributed by atoms with Crippen molar-refractivity contribution in [3.8, 4) is 17.3 Å². The summed E-state index contributed by atoms with van der Waals surface area (Å²) in [4.78, 5) is 20.4. The van der Waals surface area contributed by atoms with Gasteiger partial charge in [0, 0.05) is 37.6 Å². The lowest BCUT2D eigenvalue weighted by molar-refractivity contribution is 0.567. The van der Waals surface area contributed by atoms with Crippen molar-refractivity contribution in [1.82, 2.24) is 14.9 Å². The van der Waals surface area contributed by atoms with Crippen molar-refractivity contribution in [1.29, 1.82) is 5.26 Å². The Hall–Kier alpha value is -2.87. The summed E-state index contributed by atoms with van der Waals surface area (Å²) in [5, 5.41) is 9.20. The van der Waals surface area contributed by atoms with Crippen molar-refractivity contribution in [3.63, 3.8) is 0 Å². The Labute approximate surface area is 116 Å². The van der Waals surface area contributed by atoms with Gasteiger partial charge in [0.05, 0.1) is 5.69 Å². The molecule has 2 rings (SSSR count). The van der Waals surface area contributed by atoms with E-state index >= 15 is 0 Å². The maximum atomic E-state index is 11.8. The first-order valence-corrected chi connectivity index (χ1v) is 6.05. The molecule has 0 aliphatic carbocycles. The van der Waals surface area contributed by atoms with Crippen LogP contribution in [0.5, 0.6) is 0 Å². The van der Waals surface area contributed by atoms with Gasteiger partial charge in [-0.05, 0) is 24.4 Å². The van der Waals surface area contributed by atoms with Gasteiger partial charge in [-0.15, -0.1) is 0 Å². The third-order valence-electron chi connectivity index (χ3n) is 2.73. The van der Waals surface area contributed by atoms with E-state index in [0.29, 0.717) is 11.3 Å². The van der Waals surface area contributed by atoms with E-state index in [1.54, 1.807) is 24.7 Å². The average molecular weight is 266 g/mol. The molecule has 0 aliphatic heterocycles. The Kier molecular flexibility index (Phi) is 3.96. The third kappa shape index (κ3) is 2.75. The van der Waals surface area contributed by atoms with Crippen LogP contribution in [0.25, 0.3) is 17.3 Å². The summed E-state index contributed by atoms with van der Waals surface area (Å²) in [7, 11) is 3.74. The van der Waals surface area contributed by atoms with Crippen LogP contribution in [0, 0.1) is 11.3 Å². The molecule has 0 saturated carbocycles. The van der Waals surface area contributed by atoms with Crippen molar-refractivity contribution in [3.05, 3.63) is 58.3 Å². The molecule has 2 aromatic rings. The number of nitrogens with zero attached hydrogens (tertiary/aromatic N) is 3. The minimum Gasteiger partial charge on any atom is -0.383 e. The van der Waals surface area contributed by atoms with Gasteiger partial charge in [-0.3, -0.25) is 9.78 Å². The fraction of sp³-hybridized carbons (Fsp3) is 0.133.